The monoisotopic (exact) mass is 710 g/mol. The van der Waals surface area contributed by atoms with Crippen LogP contribution in [0, 0.1) is 0 Å². The zero-order valence-electron chi connectivity index (χ0n) is 29.4. The molecule has 2 atom stereocenters. The second kappa shape index (κ2) is 32.1. The molecule has 0 saturated heterocycles. The third-order valence-electron chi connectivity index (χ3n) is 7.71. The predicted octanol–water partition coefficient (Wildman–Crippen LogP) is 6.65. The van der Waals surface area contributed by atoms with Crippen LogP contribution in [0.25, 0.3) is 0 Å². The first-order valence-corrected chi connectivity index (χ1v) is 21.1. The first-order valence-electron chi connectivity index (χ1n) is 18.2. The van der Waals surface area contributed by atoms with E-state index < -0.39 is 19.7 Å². The fraction of sp³-hybridized carbons (Fsp3) is 0.912. The van der Waals surface area contributed by atoms with Gasteiger partial charge in [0, 0.05) is 30.9 Å². The standard InChI is InChI=1S/C34H67N2O9PS/c1-3-5-7-9-11-13-15-17-19-21-32(37)44-27-30(45-33(38)22-20-18-16-14-12-10-8-6-4-2)28-47-29-31(35)34(39)36-23-24-43-25-26-46(40,41)42/h30-31H,3-29,35H2,1-2H3,(H,36,39)(H2,40,41,42)/t30-,31+/m1/s1. The van der Waals surface area contributed by atoms with Gasteiger partial charge in [0.1, 0.15) is 12.7 Å². The molecule has 0 rings (SSSR count). The average molecular weight is 711 g/mol. The number of hydrogen-bond donors (Lipinski definition) is 4. The zero-order valence-corrected chi connectivity index (χ0v) is 31.1. The van der Waals surface area contributed by atoms with Crippen molar-refractivity contribution in [2.24, 2.45) is 5.73 Å². The Morgan fingerprint density at radius 3 is 1.72 bits per heavy atom. The van der Waals surface area contributed by atoms with Gasteiger partial charge in [0.05, 0.1) is 25.4 Å². The molecule has 278 valence electrons. The zero-order chi connectivity index (χ0) is 35.0. The Hall–Kier alpha value is -1.17. The topological polar surface area (TPSA) is 174 Å². The molecule has 0 fully saturated rings. The maximum atomic E-state index is 12.6. The highest BCUT2D eigenvalue weighted by Crippen LogP contribution is 2.33. The van der Waals surface area contributed by atoms with Crippen molar-refractivity contribution in [3.63, 3.8) is 0 Å². The third kappa shape index (κ3) is 33.1. The summed E-state index contributed by atoms with van der Waals surface area (Å²) in [6, 6.07) is -0.817. The van der Waals surface area contributed by atoms with Gasteiger partial charge in [-0.3, -0.25) is 18.9 Å². The number of esters is 2. The molecule has 0 radical (unpaired) electrons. The Labute approximate surface area is 289 Å². The molecule has 0 spiro atoms. The number of carbonyl (C=O) groups is 3. The van der Waals surface area contributed by atoms with Crippen molar-refractivity contribution in [1.82, 2.24) is 5.32 Å². The molecule has 0 aliphatic rings. The van der Waals surface area contributed by atoms with Gasteiger partial charge in [-0.2, -0.15) is 11.8 Å². The van der Waals surface area contributed by atoms with Crippen LogP contribution in [-0.4, -0.2) is 83.8 Å². The van der Waals surface area contributed by atoms with Gasteiger partial charge in [-0.25, -0.2) is 0 Å². The summed E-state index contributed by atoms with van der Waals surface area (Å²) < 4.78 is 27.1. The number of nitrogens with one attached hydrogen (secondary N) is 1. The Bertz CT molecular complexity index is 831. The summed E-state index contributed by atoms with van der Waals surface area (Å²) in [5.41, 5.74) is 6.01. The minimum Gasteiger partial charge on any atom is -0.462 e. The van der Waals surface area contributed by atoms with E-state index in [9.17, 15) is 18.9 Å². The lowest BCUT2D eigenvalue weighted by Crippen LogP contribution is -2.43. The molecule has 0 bridgehead atoms. The average Bonchev–Trinajstić information content (AvgIpc) is 3.02. The van der Waals surface area contributed by atoms with Crippen LogP contribution in [0.15, 0.2) is 0 Å². The largest absolute Gasteiger partial charge is 0.462 e. The second-order valence-electron chi connectivity index (χ2n) is 12.4. The van der Waals surface area contributed by atoms with Gasteiger partial charge in [-0.05, 0) is 12.8 Å². The van der Waals surface area contributed by atoms with E-state index in [4.69, 9.17) is 29.7 Å². The highest BCUT2D eigenvalue weighted by atomic mass is 32.2. The van der Waals surface area contributed by atoms with E-state index in [1.54, 1.807) is 0 Å². The highest BCUT2D eigenvalue weighted by Gasteiger charge is 2.20. The fourth-order valence-electron chi connectivity index (χ4n) is 4.84. The molecule has 5 N–H and O–H groups in total. The molecule has 0 aliphatic heterocycles. The number of hydrogen-bond acceptors (Lipinski definition) is 9. The lowest BCUT2D eigenvalue weighted by molar-refractivity contribution is -0.157. The predicted molar refractivity (Wildman–Crippen MR) is 191 cm³/mol. The number of rotatable bonds is 34. The van der Waals surface area contributed by atoms with E-state index in [1.807, 2.05) is 0 Å². The Morgan fingerprint density at radius 1 is 0.723 bits per heavy atom. The van der Waals surface area contributed by atoms with Crippen LogP contribution in [0.3, 0.4) is 0 Å². The first kappa shape index (κ1) is 45.8. The molecular formula is C34H67N2O9PS. The Morgan fingerprint density at radius 2 is 1.21 bits per heavy atom. The quantitative estimate of drug-likeness (QED) is 0.0320. The smallest absolute Gasteiger partial charge is 0.327 e. The van der Waals surface area contributed by atoms with Crippen LogP contribution in [0.5, 0.6) is 0 Å². The molecular weight excluding hydrogens is 643 g/mol. The maximum absolute atomic E-state index is 12.6. The minimum absolute atomic E-state index is 0.0276. The molecule has 0 heterocycles. The Balaban J connectivity index is 4.49. The summed E-state index contributed by atoms with van der Waals surface area (Å²) in [7, 11) is -4.11. The molecule has 1 amide bonds. The molecule has 0 aromatic rings. The van der Waals surface area contributed by atoms with Crippen LogP contribution >= 0.6 is 19.4 Å². The molecule has 0 saturated carbocycles. The second-order valence-corrected chi connectivity index (χ2v) is 15.2. The van der Waals surface area contributed by atoms with Crippen molar-refractivity contribution < 1.29 is 42.9 Å². The highest BCUT2D eigenvalue weighted by molar-refractivity contribution is 7.99. The number of nitrogens with two attached hydrogens (primary N) is 1. The van der Waals surface area contributed by atoms with E-state index in [0.29, 0.717) is 18.6 Å². The molecule has 11 nitrogen and oxygen atoms in total. The van der Waals surface area contributed by atoms with Crippen molar-refractivity contribution in [1.29, 1.82) is 0 Å². The van der Waals surface area contributed by atoms with Crippen LogP contribution in [0.2, 0.25) is 0 Å². The molecule has 0 aromatic heterocycles. The van der Waals surface area contributed by atoms with Crippen LogP contribution in [-0.2, 0) is 33.2 Å². The van der Waals surface area contributed by atoms with E-state index in [2.05, 4.69) is 19.2 Å². The molecule has 47 heavy (non-hydrogen) atoms. The van der Waals surface area contributed by atoms with Gasteiger partial charge in [-0.15, -0.1) is 0 Å². The molecule has 0 unspecified atom stereocenters. The maximum Gasteiger partial charge on any atom is 0.327 e. The van der Waals surface area contributed by atoms with Crippen molar-refractivity contribution in [3.8, 4) is 0 Å². The summed E-state index contributed by atoms with van der Waals surface area (Å²) in [6.07, 6.45) is 20.5. The van der Waals surface area contributed by atoms with Crippen LogP contribution < -0.4 is 11.1 Å². The van der Waals surface area contributed by atoms with E-state index in [-0.39, 0.29) is 56.1 Å². The number of amides is 1. The number of unbranched alkanes of at least 4 members (excludes halogenated alkanes) is 16. The van der Waals surface area contributed by atoms with Gasteiger partial charge in [0.2, 0.25) is 5.91 Å². The summed E-state index contributed by atoms with van der Waals surface area (Å²) in [4.78, 5) is 55.0. The van der Waals surface area contributed by atoms with Crippen LogP contribution in [0.4, 0.5) is 0 Å². The van der Waals surface area contributed by atoms with Crippen molar-refractivity contribution in [2.45, 2.75) is 154 Å². The molecule has 0 aromatic carbocycles. The molecule has 13 heteroatoms. The van der Waals surface area contributed by atoms with Gasteiger partial charge in [0.25, 0.3) is 0 Å². The summed E-state index contributed by atoms with van der Waals surface area (Å²) in [5.74, 6) is -0.390. The normalized spacial score (nSPS) is 12.9. The Kier molecular flexibility index (Phi) is 31.3. The third-order valence-corrected chi connectivity index (χ3v) is 9.68. The number of carbonyl (C=O) groups excluding carboxylic acids is 3. The van der Waals surface area contributed by atoms with E-state index >= 15 is 0 Å². The van der Waals surface area contributed by atoms with Gasteiger partial charge < -0.3 is 35.0 Å². The van der Waals surface area contributed by atoms with Crippen LogP contribution in [0.1, 0.15) is 142 Å². The van der Waals surface area contributed by atoms with Crippen molar-refractivity contribution in [2.75, 3.05) is 44.0 Å². The minimum atomic E-state index is -4.11. The van der Waals surface area contributed by atoms with Gasteiger partial charge in [-0.1, -0.05) is 117 Å². The fourth-order valence-corrected chi connectivity index (χ4v) is 6.18. The summed E-state index contributed by atoms with van der Waals surface area (Å²) >= 11 is 1.35. The lowest BCUT2D eigenvalue weighted by Gasteiger charge is -2.19. The van der Waals surface area contributed by atoms with Crippen molar-refractivity contribution >= 4 is 37.2 Å². The number of ether oxygens (including phenoxy) is 3. The first-order chi connectivity index (χ1) is 22.6. The summed E-state index contributed by atoms with van der Waals surface area (Å²) in [5, 5.41) is 2.63. The molecule has 0 aliphatic carbocycles. The van der Waals surface area contributed by atoms with Crippen molar-refractivity contribution in [3.05, 3.63) is 0 Å². The van der Waals surface area contributed by atoms with E-state index in [1.165, 1.54) is 88.8 Å². The summed E-state index contributed by atoms with van der Waals surface area (Å²) in [6.45, 7) is 4.56. The van der Waals surface area contributed by atoms with Gasteiger partial charge in [0.15, 0.2) is 0 Å². The van der Waals surface area contributed by atoms with E-state index in [0.717, 1.165) is 38.5 Å². The lowest BCUT2D eigenvalue weighted by atomic mass is 10.1. The van der Waals surface area contributed by atoms with Gasteiger partial charge >= 0.3 is 19.5 Å². The SMILES string of the molecule is CCCCCCCCCCCC(=O)OC[C@H](CSC[C@H](N)C(=O)NCCOCCP(=O)(O)O)OC(=O)CCCCCCCCCCC. The number of thioether (sulfide) groups is 1.